The normalized spacial score (nSPS) is 11.3. The molecule has 74 valence electrons. The summed E-state index contributed by atoms with van der Waals surface area (Å²) < 4.78 is 0.932. The Balaban J connectivity index is 2.69. The topological polar surface area (TPSA) is 32.9 Å². The fourth-order valence-corrected chi connectivity index (χ4v) is 2.91. The zero-order chi connectivity index (χ0) is 10.4. The molecule has 0 amide bonds. The third kappa shape index (κ3) is 1.29. The number of benzene rings is 2. The molecule has 0 saturated carbocycles. The van der Waals surface area contributed by atoms with Crippen LogP contribution in [-0.4, -0.2) is 4.98 Å². The van der Waals surface area contributed by atoms with Gasteiger partial charge in [-0.15, -0.1) is 12.6 Å². The average molecular weight is 233 g/mol. The van der Waals surface area contributed by atoms with Crippen molar-refractivity contribution < 1.29 is 0 Å². The first kappa shape index (κ1) is 9.00. The molecule has 1 aromatic heterocycles. The van der Waals surface area contributed by atoms with E-state index in [2.05, 4.69) is 17.6 Å². The molecule has 0 bridgehead atoms. The van der Waals surface area contributed by atoms with Gasteiger partial charge in [0, 0.05) is 10.3 Å². The van der Waals surface area contributed by atoms with Crippen molar-refractivity contribution in [2.45, 2.75) is 4.90 Å². The number of hydrogen-bond donors (Lipinski definition) is 2. The molecule has 2 nitrogen and oxygen atoms in total. The van der Waals surface area contributed by atoms with Crippen LogP contribution in [0.3, 0.4) is 0 Å². The lowest BCUT2D eigenvalue weighted by Crippen LogP contribution is -1.89. The van der Waals surface area contributed by atoms with Crippen molar-refractivity contribution in [2.75, 3.05) is 0 Å². The van der Waals surface area contributed by atoms with Gasteiger partial charge in [-0.05, 0) is 11.5 Å². The van der Waals surface area contributed by atoms with E-state index in [0.717, 1.165) is 25.9 Å². The first-order valence-corrected chi connectivity index (χ1v) is 5.75. The van der Waals surface area contributed by atoms with Gasteiger partial charge >= 0.3 is 4.87 Å². The summed E-state index contributed by atoms with van der Waals surface area (Å²) in [6, 6.07) is 9.96. The second-order valence-corrected chi connectivity index (χ2v) is 4.80. The Morgan fingerprint density at radius 2 is 2.07 bits per heavy atom. The van der Waals surface area contributed by atoms with E-state index in [9.17, 15) is 4.79 Å². The Morgan fingerprint density at radius 1 is 1.27 bits per heavy atom. The van der Waals surface area contributed by atoms with Crippen LogP contribution in [-0.2, 0) is 0 Å². The highest BCUT2D eigenvalue weighted by atomic mass is 32.1. The van der Waals surface area contributed by atoms with Gasteiger partial charge in [-0.3, -0.25) is 4.79 Å². The summed E-state index contributed by atoms with van der Waals surface area (Å²) in [6.45, 7) is 0. The highest BCUT2D eigenvalue weighted by molar-refractivity contribution is 7.80. The third-order valence-electron chi connectivity index (χ3n) is 2.40. The summed E-state index contributed by atoms with van der Waals surface area (Å²) in [6.07, 6.45) is 0. The Hall–Kier alpha value is -1.26. The maximum atomic E-state index is 11.3. The zero-order valence-corrected chi connectivity index (χ0v) is 9.36. The van der Waals surface area contributed by atoms with Crippen LogP contribution in [0.5, 0.6) is 0 Å². The minimum absolute atomic E-state index is 0.0309. The van der Waals surface area contributed by atoms with Gasteiger partial charge in [0.15, 0.2) is 0 Å². The van der Waals surface area contributed by atoms with Crippen LogP contribution in [0.2, 0.25) is 0 Å². The van der Waals surface area contributed by atoms with Crippen LogP contribution in [0.1, 0.15) is 0 Å². The number of aromatic nitrogens is 1. The molecule has 0 unspecified atom stereocenters. The number of rotatable bonds is 0. The van der Waals surface area contributed by atoms with Gasteiger partial charge in [-0.2, -0.15) is 0 Å². The molecular weight excluding hydrogens is 226 g/mol. The van der Waals surface area contributed by atoms with Crippen LogP contribution in [0, 0.1) is 0 Å². The van der Waals surface area contributed by atoms with Crippen LogP contribution >= 0.6 is 24.0 Å². The van der Waals surface area contributed by atoms with Crippen LogP contribution in [0.15, 0.2) is 40.0 Å². The van der Waals surface area contributed by atoms with Gasteiger partial charge < -0.3 is 4.98 Å². The summed E-state index contributed by atoms with van der Waals surface area (Å²) >= 11 is 5.60. The second kappa shape index (κ2) is 3.12. The summed E-state index contributed by atoms with van der Waals surface area (Å²) in [5, 5.41) is 2.17. The molecule has 0 aliphatic heterocycles. The number of thiol groups is 1. The first-order valence-electron chi connectivity index (χ1n) is 4.49. The molecule has 0 spiro atoms. The molecular formula is C11H7NOS2. The maximum absolute atomic E-state index is 11.3. The molecule has 0 fully saturated rings. The number of nitrogens with one attached hydrogen (secondary N) is 1. The van der Waals surface area contributed by atoms with Gasteiger partial charge in [-0.1, -0.05) is 35.6 Å². The molecule has 0 radical (unpaired) electrons. The SMILES string of the molecule is O=c1[nH]c2c(s1)c(S)cc1ccccc12. The Kier molecular flexibility index (Phi) is 1.87. The number of H-pyrrole nitrogens is 1. The fraction of sp³-hybridized carbons (Fsp3) is 0. The van der Waals surface area contributed by atoms with Crippen molar-refractivity contribution in [1.29, 1.82) is 0 Å². The molecule has 4 heteroatoms. The van der Waals surface area contributed by atoms with E-state index in [-0.39, 0.29) is 4.87 Å². The lowest BCUT2D eigenvalue weighted by atomic mass is 10.1. The Bertz CT molecular complexity index is 711. The van der Waals surface area contributed by atoms with Crippen LogP contribution in [0.25, 0.3) is 21.0 Å². The van der Waals surface area contributed by atoms with Gasteiger partial charge in [-0.25, -0.2) is 0 Å². The fourth-order valence-electron chi connectivity index (χ4n) is 1.76. The van der Waals surface area contributed by atoms with E-state index in [0.29, 0.717) is 0 Å². The summed E-state index contributed by atoms with van der Waals surface area (Å²) in [4.78, 5) is 15.0. The molecule has 0 aliphatic carbocycles. The minimum atomic E-state index is -0.0309. The highest BCUT2D eigenvalue weighted by Crippen LogP contribution is 2.30. The molecule has 0 atom stereocenters. The molecule has 2 aromatic carbocycles. The molecule has 1 heterocycles. The van der Waals surface area contributed by atoms with Crippen molar-refractivity contribution in [2.24, 2.45) is 0 Å². The molecule has 3 aromatic rings. The molecule has 15 heavy (non-hydrogen) atoms. The zero-order valence-electron chi connectivity index (χ0n) is 7.65. The van der Waals surface area contributed by atoms with Crippen molar-refractivity contribution >= 4 is 45.0 Å². The van der Waals surface area contributed by atoms with E-state index in [1.54, 1.807) is 0 Å². The van der Waals surface area contributed by atoms with Gasteiger partial charge in [0.05, 0.1) is 10.2 Å². The van der Waals surface area contributed by atoms with E-state index in [4.69, 9.17) is 0 Å². The predicted octanol–water partition coefficient (Wildman–Crippen LogP) is 3.03. The van der Waals surface area contributed by atoms with Crippen molar-refractivity contribution in [3.05, 3.63) is 40.0 Å². The number of thiazole rings is 1. The van der Waals surface area contributed by atoms with Crippen molar-refractivity contribution in [3.8, 4) is 0 Å². The van der Waals surface area contributed by atoms with Crippen molar-refractivity contribution in [1.82, 2.24) is 4.98 Å². The largest absolute Gasteiger partial charge is 0.312 e. The molecule has 0 aliphatic rings. The first-order chi connectivity index (χ1) is 7.25. The van der Waals surface area contributed by atoms with E-state index in [1.165, 1.54) is 11.3 Å². The number of fused-ring (bicyclic) bond motifs is 3. The lowest BCUT2D eigenvalue weighted by molar-refractivity contribution is 1.41. The van der Waals surface area contributed by atoms with E-state index in [1.807, 2.05) is 30.3 Å². The third-order valence-corrected chi connectivity index (χ3v) is 3.82. The van der Waals surface area contributed by atoms with Crippen LogP contribution < -0.4 is 4.87 Å². The quantitative estimate of drug-likeness (QED) is 0.575. The Labute approximate surface area is 95.0 Å². The average Bonchev–Trinajstić information content (AvgIpc) is 2.61. The molecule has 0 saturated heterocycles. The molecule has 1 N–H and O–H groups in total. The van der Waals surface area contributed by atoms with Crippen molar-refractivity contribution in [3.63, 3.8) is 0 Å². The van der Waals surface area contributed by atoms with E-state index >= 15 is 0 Å². The van der Waals surface area contributed by atoms with Gasteiger partial charge in [0.25, 0.3) is 0 Å². The number of aromatic amines is 1. The highest BCUT2D eigenvalue weighted by Gasteiger charge is 2.07. The number of hydrogen-bond acceptors (Lipinski definition) is 3. The standard InChI is InChI=1S/C11H7NOS2/c13-11-12-9-7-4-2-1-3-6(7)5-8(14)10(9)15-11/h1-5,14H,(H,12,13). The smallest absolute Gasteiger partial charge is 0.305 e. The summed E-state index contributed by atoms with van der Waals surface area (Å²) in [7, 11) is 0. The lowest BCUT2D eigenvalue weighted by Gasteiger charge is -2.00. The van der Waals surface area contributed by atoms with Gasteiger partial charge in [0.2, 0.25) is 0 Å². The monoisotopic (exact) mass is 233 g/mol. The van der Waals surface area contributed by atoms with E-state index < -0.39 is 0 Å². The summed E-state index contributed by atoms with van der Waals surface area (Å²) in [5.41, 5.74) is 0.896. The van der Waals surface area contributed by atoms with Crippen LogP contribution in [0.4, 0.5) is 0 Å². The summed E-state index contributed by atoms with van der Waals surface area (Å²) in [5.74, 6) is 0. The second-order valence-electron chi connectivity index (χ2n) is 3.34. The minimum Gasteiger partial charge on any atom is -0.312 e. The predicted molar refractivity (Wildman–Crippen MR) is 67.2 cm³/mol. The maximum Gasteiger partial charge on any atom is 0.305 e. The van der Waals surface area contributed by atoms with Gasteiger partial charge in [0.1, 0.15) is 0 Å². The Morgan fingerprint density at radius 3 is 2.93 bits per heavy atom. The molecule has 3 rings (SSSR count).